The molecule has 2 rings (SSSR count). The van der Waals surface area contributed by atoms with Crippen LogP contribution in [0.1, 0.15) is 33.6 Å². The first-order valence-electron chi connectivity index (χ1n) is 8.32. The van der Waals surface area contributed by atoms with Crippen LogP contribution in [-0.2, 0) is 14.3 Å². The summed E-state index contributed by atoms with van der Waals surface area (Å²) in [6.07, 6.45) is -0.294. The van der Waals surface area contributed by atoms with Gasteiger partial charge in [0.1, 0.15) is 0 Å². The molecule has 0 aliphatic carbocycles. The summed E-state index contributed by atoms with van der Waals surface area (Å²) in [4.78, 5) is 47.3. The van der Waals surface area contributed by atoms with Crippen LogP contribution < -0.4 is 16.2 Å². The van der Waals surface area contributed by atoms with Crippen LogP contribution in [0.15, 0.2) is 42.5 Å². The van der Waals surface area contributed by atoms with Gasteiger partial charge in [0, 0.05) is 23.4 Å². The van der Waals surface area contributed by atoms with Gasteiger partial charge in [0.15, 0.2) is 0 Å². The molecule has 0 heterocycles. The van der Waals surface area contributed by atoms with Gasteiger partial charge in [-0.1, -0.05) is 29.3 Å². The normalized spacial score (nSPS) is 10.0. The van der Waals surface area contributed by atoms with E-state index in [-0.39, 0.29) is 29.0 Å². The summed E-state index contributed by atoms with van der Waals surface area (Å²) >= 11 is 11.7. The van der Waals surface area contributed by atoms with Crippen LogP contribution in [0.2, 0.25) is 10.0 Å². The number of rotatable bonds is 6. The van der Waals surface area contributed by atoms with E-state index in [1.165, 1.54) is 37.4 Å². The SMILES string of the molecule is COC(=O)c1cccc(C(=O)NNC(=O)CCC(=O)Nc2ccc(Cl)cc2Cl)c1. The Morgan fingerprint density at radius 3 is 2.28 bits per heavy atom. The molecule has 2 aromatic rings. The van der Waals surface area contributed by atoms with E-state index in [0.717, 1.165) is 0 Å². The number of hydrogen-bond acceptors (Lipinski definition) is 5. The van der Waals surface area contributed by atoms with E-state index >= 15 is 0 Å². The molecule has 8 nitrogen and oxygen atoms in total. The Morgan fingerprint density at radius 2 is 1.59 bits per heavy atom. The van der Waals surface area contributed by atoms with E-state index in [1.54, 1.807) is 12.1 Å². The van der Waals surface area contributed by atoms with Gasteiger partial charge in [0.2, 0.25) is 11.8 Å². The van der Waals surface area contributed by atoms with Crippen LogP contribution in [0.4, 0.5) is 5.69 Å². The highest BCUT2D eigenvalue weighted by atomic mass is 35.5. The first-order valence-corrected chi connectivity index (χ1v) is 9.08. The molecular weight excluding hydrogens is 421 g/mol. The van der Waals surface area contributed by atoms with Crippen LogP contribution in [0.25, 0.3) is 0 Å². The van der Waals surface area contributed by atoms with Gasteiger partial charge < -0.3 is 10.1 Å². The Labute approximate surface area is 176 Å². The van der Waals surface area contributed by atoms with E-state index in [4.69, 9.17) is 23.2 Å². The predicted octanol–water partition coefficient (Wildman–Crippen LogP) is 2.96. The first-order chi connectivity index (χ1) is 13.8. The third kappa shape index (κ3) is 6.78. The smallest absolute Gasteiger partial charge is 0.337 e. The molecule has 0 spiro atoms. The highest BCUT2D eigenvalue weighted by Crippen LogP contribution is 2.25. The van der Waals surface area contributed by atoms with Gasteiger partial charge in [-0.2, -0.15) is 0 Å². The summed E-state index contributed by atoms with van der Waals surface area (Å²) in [5.74, 6) is -2.21. The number of hydrogen-bond donors (Lipinski definition) is 3. The van der Waals surface area contributed by atoms with Crippen molar-refractivity contribution in [1.29, 1.82) is 0 Å². The van der Waals surface area contributed by atoms with Crippen LogP contribution in [0.5, 0.6) is 0 Å². The van der Waals surface area contributed by atoms with Crippen molar-refractivity contribution < 1.29 is 23.9 Å². The molecule has 0 atom stereocenters. The van der Waals surface area contributed by atoms with Crippen molar-refractivity contribution in [2.45, 2.75) is 12.8 Å². The highest BCUT2D eigenvalue weighted by Gasteiger charge is 2.13. The number of halogens is 2. The van der Waals surface area contributed by atoms with Crippen LogP contribution >= 0.6 is 23.2 Å². The van der Waals surface area contributed by atoms with Crippen molar-refractivity contribution in [2.75, 3.05) is 12.4 Å². The molecule has 0 saturated carbocycles. The fourth-order valence-corrected chi connectivity index (χ4v) is 2.65. The number of nitrogens with one attached hydrogen (secondary N) is 3. The van der Waals surface area contributed by atoms with Gasteiger partial charge in [-0.3, -0.25) is 25.2 Å². The minimum atomic E-state index is -0.624. The second-order valence-electron chi connectivity index (χ2n) is 5.75. The first kappa shape index (κ1) is 22.2. The number of ether oxygens (including phenoxy) is 1. The molecule has 0 aromatic heterocycles. The third-order valence-electron chi connectivity index (χ3n) is 3.65. The molecule has 2 aromatic carbocycles. The quantitative estimate of drug-likeness (QED) is 0.474. The molecule has 0 aliphatic heterocycles. The molecule has 0 aliphatic rings. The number of amides is 3. The third-order valence-corrected chi connectivity index (χ3v) is 4.19. The zero-order valence-corrected chi connectivity index (χ0v) is 16.8. The molecule has 3 N–H and O–H groups in total. The summed E-state index contributed by atoms with van der Waals surface area (Å²) in [7, 11) is 1.23. The average molecular weight is 438 g/mol. The summed E-state index contributed by atoms with van der Waals surface area (Å²) in [6, 6.07) is 10.4. The monoisotopic (exact) mass is 437 g/mol. The molecule has 152 valence electrons. The van der Waals surface area contributed by atoms with Crippen LogP contribution in [0, 0.1) is 0 Å². The summed E-state index contributed by atoms with van der Waals surface area (Å²) in [5, 5.41) is 3.27. The average Bonchev–Trinajstić information content (AvgIpc) is 2.72. The van der Waals surface area contributed by atoms with Crippen molar-refractivity contribution in [3.8, 4) is 0 Å². The molecular formula is C19H17Cl2N3O5. The lowest BCUT2D eigenvalue weighted by Gasteiger charge is -2.09. The van der Waals surface area contributed by atoms with Crippen molar-refractivity contribution in [1.82, 2.24) is 10.9 Å². The lowest BCUT2D eigenvalue weighted by molar-refractivity contribution is -0.124. The molecule has 3 amide bonds. The van der Waals surface area contributed by atoms with Crippen molar-refractivity contribution in [2.24, 2.45) is 0 Å². The maximum absolute atomic E-state index is 12.1. The maximum atomic E-state index is 12.1. The Balaban J connectivity index is 1.80. The molecule has 10 heteroatoms. The minimum absolute atomic E-state index is 0.127. The van der Waals surface area contributed by atoms with Gasteiger partial charge in [-0.25, -0.2) is 4.79 Å². The number of hydrazine groups is 1. The maximum Gasteiger partial charge on any atom is 0.337 e. The van der Waals surface area contributed by atoms with E-state index in [9.17, 15) is 19.2 Å². The largest absolute Gasteiger partial charge is 0.465 e. The van der Waals surface area contributed by atoms with Crippen LogP contribution in [0.3, 0.4) is 0 Å². The molecule has 0 unspecified atom stereocenters. The van der Waals surface area contributed by atoms with E-state index < -0.39 is 23.7 Å². The number of methoxy groups -OCH3 is 1. The zero-order valence-electron chi connectivity index (χ0n) is 15.3. The minimum Gasteiger partial charge on any atom is -0.465 e. The van der Waals surface area contributed by atoms with Gasteiger partial charge in [-0.15, -0.1) is 0 Å². The number of esters is 1. The predicted molar refractivity (Wildman–Crippen MR) is 108 cm³/mol. The molecule has 0 bridgehead atoms. The second-order valence-corrected chi connectivity index (χ2v) is 6.59. The molecule has 0 radical (unpaired) electrons. The van der Waals surface area contributed by atoms with E-state index in [1.807, 2.05) is 0 Å². The molecule has 0 saturated heterocycles. The molecule has 29 heavy (non-hydrogen) atoms. The molecule has 0 fully saturated rings. The van der Waals surface area contributed by atoms with Gasteiger partial charge in [0.25, 0.3) is 5.91 Å². The fraction of sp³-hybridized carbons (Fsp3) is 0.158. The standard InChI is InChI=1S/C19H17Cl2N3O5/c1-29-19(28)12-4-2-3-11(9-12)18(27)24-23-17(26)8-7-16(25)22-15-6-5-13(20)10-14(15)21/h2-6,9-10H,7-8H2,1H3,(H,22,25)(H,23,26)(H,24,27). The summed E-state index contributed by atoms with van der Waals surface area (Å²) < 4.78 is 4.59. The Hall–Kier alpha value is -3.10. The summed E-state index contributed by atoms with van der Waals surface area (Å²) in [6.45, 7) is 0. The lowest BCUT2D eigenvalue weighted by Crippen LogP contribution is -2.41. The van der Waals surface area contributed by atoms with Crippen LogP contribution in [-0.4, -0.2) is 30.8 Å². The number of carbonyl (C=O) groups excluding carboxylic acids is 4. The lowest BCUT2D eigenvalue weighted by atomic mass is 10.1. The van der Waals surface area contributed by atoms with E-state index in [0.29, 0.717) is 10.7 Å². The number of carbonyl (C=O) groups is 4. The van der Waals surface area contributed by atoms with Gasteiger partial charge in [0.05, 0.1) is 23.4 Å². The Morgan fingerprint density at radius 1 is 0.897 bits per heavy atom. The zero-order chi connectivity index (χ0) is 21.4. The summed E-state index contributed by atoms with van der Waals surface area (Å²) in [5.41, 5.74) is 5.15. The number of anilines is 1. The fourth-order valence-electron chi connectivity index (χ4n) is 2.20. The number of benzene rings is 2. The van der Waals surface area contributed by atoms with Gasteiger partial charge >= 0.3 is 5.97 Å². The Kier molecular flexibility index (Phi) is 7.99. The highest BCUT2D eigenvalue weighted by molar-refractivity contribution is 6.36. The second kappa shape index (κ2) is 10.4. The van der Waals surface area contributed by atoms with E-state index in [2.05, 4.69) is 20.9 Å². The Bertz CT molecular complexity index is 949. The van der Waals surface area contributed by atoms with Crippen molar-refractivity contribution >= 4 is 52.6 Å². The topological polar surface area (TPSA) is 114 Å². The van der Waals surface area contributed by atoms with Crippen molar-refractivity contribution in [3.05, 3.63) is 63.6 Å². The van der Waals surface area contributed by atoms with Crippen molar-refractivity contribution in [3.63, 3.8) is 0 Å². The van der Waals surface area contributed by atoms with Gasteiger partial charge in [-0.05, 0) is 36.4 Å².